The summed E-state index contributed by atoms with van der Waals surface area (Å²) in [6, 6.07) is 16.5. The van der Waals surface area contributed by atoms with Gasteiger partial charge in [0.2, 0.25) is 0 Å². The third kappa shape index (κ3) is 3.22. The molecule has 0 radical (unpaired) electrons. The zero-order valence-corrected chi connectivity index (χ0v) is 12.7. The first kappa shape index (κ1) is 14.6. The second-order valence-electron chi connectivity index (χ2n) is 5.97. The molecule has 1 N–H and O–H groups in total. The van der Waals surface area contributed by atoms with Crippen LogP contribution in [0.3, 0.4) is 0 Å². The maximum absolute atomic E-state index is 9.41. The molecule has 0 aliphatic rings. The average Bonchev–Trinajstić information content (AvgIpc) is 2.46. The number of phenolic OH excluding ortho intramolecular Hbond substituents is 1. The first-order valence-electron chi connectivity index (χ1n) is 7.43. The first-order chi connectivity index (χ1) is 9.54. The molecule has 20 heavy (non-hydrogen) atoms. The van der Waals surface area contributed by atoms with Crippen molar-refractivity contribution in [1.82, 2.24) is 0 Å². The molecule has 0 amide bonds. The van der Waals surface area contributed by atoms with Crippen LogP contribution < -0.4 is 0 Å². The quantitative estimate of drug-likeness (QED) is 0.803. The molecule has 2 rings (SSSR count). The Morgan fingerprint density at radius 1 is 0.850 bits per heavy atom. The highest BCUT2D eigenvalue weighted by molar-refractivity contribution is 5.40. The van der Waals surface area contributed by atoms with Crippen LogP contribution in [0.1, 0.15) is 50.3 Å². The molecule has 2 aromatic rings. The molecule has 0 unspecified atom stereocenters. The van der Waals surface area contributed by atoms with Crippen molar-refractivity contribution < 1.29 is 5.11 Å². The van der Waals surface area contributed by atoms with E-state index in [1.807, 2.05) is 12.1 Å². The molecule has 0 atom stereocenters. The van der Waals surface area contributed by atoms with Crippen molar-refractivity contribution in [1.29, 1.82) is 0 Å². The maximum atomic E-state index is 9.41. The van der Waals surface area contributed by atoms with Gasteiger partial charge in [0.25, 0.3) is 0 Å². The van der Waals surface area contributed by atoms with Crippen molar-refractivity contribution in [3.63, 3.8) is 0 Å². The summed E-state index contributed by atoms with van der Waals surface area (Å²) in [6.07, 6.45) is 3.65. The highest BCUT2D eigenvalue weighted by atomic mass is 16.3. The van der Waals surface area contributed by atoms with Gasteiger partial charge in [0.1, 0.15) is 5.75 Å². The number of unbranched alkanes of at least 4 members (excludes halogenated alkanes) is 1. The first-order valence-corrected chi connectivity index (χ1v) is 7.43. The summed E-state index contributed by atoms with van der Waals surface area (Å²) in [4.78, 5) is 0. The van der Waals surface area contributed by atoms with E-state index in [2.05, 4.69) is 45.0 Å². The van der Waals surface area contributed by atoms with Crippen LogP contribution in [0, 0.1) is 0 Å². The lowest BCUT2D eigenvalue weighted by Gasteiger charge is -2.26. The molecule has 0 aromatic heterocycles. The summed E-state index contributed by atoms with van der Waals surface area (Å²) >= 11 is 0. The van der Waals surface area contributed by atoms with E-state index in [0.29, 0.717) is 5.75 Å². The fourth-order valence-electron chi connectivity index (χ4n) is 2.51. The molecule has 0 aliphatic carbocycles. The van der Waals surface area contributed by atoms with E-state index in [-0.39, 0.29) is 5.41 Å². The van der Waals surface area contributed by atoms with Gasteiger partial charge in [-0.05, 0) is 41.7 Å². The average molecular weight is 268 g/mol. The van der Waals surface area contributed by atoms with Crippen molar-refractivity contribution in [3.8, 4) is 5.75 Å². The van der Waals surface area contributed by atoms with Crippen LogP contribution in [0.2, 0.25) is 0 Å². The van der Waals surface area contributed by atoms with Gasteiger partial charge in [-0.25, -0.2) is 0 Å². The topological polar surface area (TPSA) is 20.2 Å². The van der Waals surface area contributed by atoms with Crippen LogP contribution in [0.5, 0.6) is 5.75 Å². The van der Waals surface area contributed by atoms with Gasteiger partial charge < -0.3 is 5.11 Å². The molecule has 1 heteroatoms. The molecule has 0 saturated heterocycles. The third-order valence-corrected chi connectivity index (χ3v) is 4.08. The van der Waals surface area contributed by atoms with Crippen molar-refractivity contribution in [2.24, 2.45) is 0 Å². The maximum Gasteiger partial charge on any atom is 0.115 e. The van der Waals surface area contributed by atoms with Crippen LogP contribution in [-0.4, -0.2) is 5.11 Å². The summed E-state index contributed by atoms with van der Waals surface area (Å²) in [6.45, 7) is 6.67. The summed E-state index contributed by atoms with van der Waals surface area (Å²) in [5.74, 6) is 0.319. The van der Waals surface area contributed by atoms with Crippen LogP contribution in [-0.2, 0) is 11.8 Å². The Morgan fingerprint density at radius 3 is 1.85 bits per heavy atom. The highest BCUT2D eigenvalue weighted by Gasteiger charge is 2.22. The van der Waals surface area contributed by atoms with Crippen molar-refractivity contribution >= 4 is 0 Å². The normalized spacial score (nSPS) is 11.6. The SMILES string of the molecule is CCCCc1ccc(C(C)(C)c2ccc(O)cc2)cc1. The van der Waals surface area contributed by atoms with Crippen molar-refractivity contribution in [3.05, 3.63) is 65.2 Å². The molecule has 0 heterocycles. The molecule has 0 bridgehead atoms. The molecular formula is C19H24O. The highest BCUT2D eigenvalue weighted by Crippen LogP contribution is 2.32. The van der Waals surface area contributed by atoms with Crippen LogP contribution >= 0.6 is 0 Å². The molecule has 0 spiro atoms. The van der Waals surface area contributed by atoms with Gasteiger partial charge in [0.15, 0.2) is 0 Å². The number of benzene rings is 2. The Labute approximate surface area is 122 Å². The Bertz CT molecular complexity index is 535. The Kier molecular flexibility index (Phi) is 4.49. The van der Waals surface area contributed by atoms with Gasteiger partial charge in [0.05, 0.1) is 0 Å². The van der Waals surface area contributed by atoms with Crippen LogP contribution in [0.15, 0.2) is 48.5 Å². The predicted octanol–water partition coefficient (Wildman–Crippen LogP) is 5.06. The molecule has 0 saturated carbocycles. The number of hydrogen-bond acceptors (Lipinski definition) is 1. The van der Waals surface area contributed by atoms with Crippen molar-refractivity contribution in [2.45, 2.75) is 45.4 Å². The van der Waals surface area contributed by atoms with E-state index in [0.717, 1.165) is 6.42 Å². The summed E-state index contributed by atoms with van der Waals surface area (Å²) in [7, 11) is 0. The Morgan fingerprint density at radius 2 is 1.35 bits per heavy atom. The minimum Gasteiger partial charge on any atom is -0.508 e. The smallest absolute Gasteiger partial charge is 0.115 e. The van der Waals surface area contributed by atoms with Crippen molar-refractivity contribution in [2.75, 3.05) is 0 Å². The summed E-state index contributed by atoms with van der Waals surface area (Å²) in [5, 5.41) is 9.41. The van der Waals surface area contributed by atoms with Gasteiger partial charge in [0, 0.05) is 5.41 Å². The van der Waals surface area contributed by atoms with Gasteiger partial charge in [-0.3, -0.25) is 0 Å². The molecular weight excluding hydrogens is 244 g/mol. The fraction of sp³-hybridized carbons (Fsp3) is 0.368. The number of phenols is 1. The predicted molar refractivity (Wildman–Crippen MR) is 85.3 cm³/mol. The standard InChI is InChI=1S/C19H24O/c1-4-5-6-15-7-9-16(10-8-15)19(2,3)17-11-13-18(20)14-12-17/h7-14,20H,4-6H2,1-3H3. The molecule has 1 nitrogen and oxygen atoms in total. The second kappa shape index (κ2) is 6.13. The lowest BCUT2D eigenvalue weighted by molar-refractivity contribution is 0.474. The van der Waals surface area contributed by atoms with E-state index in [1.54, 1.807) is 12.1 Å². The van der Waals surface area contributed by atoms with E-state index in [4.69, 9.17) is 0 Å². The largest absolute Gasteiger partial charge is 0.508 e. The monoisotopic (exact) mass is 268 g/mol. The van der Waals surface area contributed by atoms with E-state index < -0.39 is 0 Å². The minimum absolute atomic E-state index is 0.0447. The lowest BCUT2D eigenvalue weighted by atomic mass is 9.78. The molecule has 106 valence electrons. The Balaban J connectivity index is 2.22. The zero-order valence-electron chi connectivity index (χ0n) is 12.7. The molecule has 0 fully saturated rings. The Hall–Kier alpha value is -1.76. The number of hydrogen-bond donors (Lipinski definition) is 1. The van der Waals surface area contributed by atoms with Gasteiger partial charge in [-0.15, -0.1) is 0 Å². The molecule has 0 aliphatic heterocycles. The fourth-order valence-corrected chi connectivity index (χ4v) is 2.51. The van der Waals surface area contributed by atoms with E-state index >= 15 is 0 Å². The number of aryl methyl sites for hydroxylation is 1. The van der Waals surface area contributed by atoms with Crippen LogP contribution in [0.4, 0.5) is 0 Å². The third-order valence-electron chi connectivity index (χ3n) is 4.08. The van der Waals surface area contributed by atoms with Gasteiger partial charge in [-0.1, -0.05) is 63.6 Å². The van der Waals surface area contributed by atoms with Crippen LogP contribution in [0.25, 0.3) is 0 Å². The van der Waals surface area contributed by atoms with Gasteiger partial charge in [-0.2, -0.15) is 0 Å². The zero-order chi connectivity index (χ0) is 14.6. The number of rotatable bonds is 5. The van der Waals surface area contributed by atoms with Gasteiger partial charge >= 0.3 is 0 Å². The summed E-state index contributed by atoms with van der Waals surface area (Å²) in [5.41, 5.74) is 3.90. The lowest BCUT2D eigenvalue weighted by Crippen LogP contribution is -2.18. The number of aromatic hydroxyl groups is 1. The van der Waals surface area contributed by atoms with E-state index in [1.165, 1.54) is 29.5 Å². The van der Waals surface area contributed by atoms with E-state index in [9.17, 15) is 5.11 Å². The molecule has 2 aromatic carbocycles. The second-order valence-corrected chi connectivity index (χ2v) is 5.97. The summed E-state index contributed by atoms with van der Waals surface area (Å²) < 4.78 is 0. The minimum atomic E-state index is -0.0447.